The largest absolute Gasteiger partial charge is 0.481 e. The number of aliphatic carboxylic acids is 1. The van der Waals surface area contributed by atoms with Gasteiger partial charge in [0.1, 0.15) is 0 Å². The first kappa shape index (κ1) is 15.5. The van der Waals surface area contributed by atoms with Crippen LogP contribution in [0.3, 0.4) is 0 Å². The number of carbonyl (C=O) groups excluding carboxylic acids is 1. The van der Waals surface area contributed by atoms with Crippen LogP contribution in [0.15, 0.2) is 24.3 Å². The number of piperidine rings is 1. The minimum absolute atomic E-state index is 0.00203. The number of amides is 1. The lowest BCUT2D eigenvalue weighted by molar-refractivity contribution is -0.152. The van der Waals surface area contributed by atoms with Crippen LogP contribution in [0.1, 0.15) is 30.0 Å². The first-order valence-electron chi connectivity index (χ1n) is 7.13. The van der Waals surface area contributed by atoms with Gasteiger partial charge in [0.2, 0.25) is 5.91 Å². The molecule has 0 radical (unpaired) electrons. The Morgan fingerprint density at radius 2 is 2.14 bits per heavy atom. The maximum absolute atomic E-state index is 12.2. The van der Waals surface area contributed by atoms with E-state index >= 15 is 0 Å². The number of hydrogen-bond donors (Lipinski definition) is 1. The Morgan fingerprint density at radius 3 is 2.76 bits per heavy atom. The molecule has 1 N–H and O–H groups in total. The summed E-state index contributed by atoms with van der Waals surface area (Å²) >= 11 is 0. The van der Waals surface area contributed by atoms with Gasteiger partial charge in [0.05, 0.1) is 18.6 Å². The second-order valence-electron chi connectivity index (χ2n) is 5.36. The van der Waals surface area contributed by atoms with Gasteiger partial charge in [-0.05, 0) is 24.5 Å². The van der Waals surface area contributed by atoms with Gasteiger partial charge in [-0.25, -0.2) is 0 Å². The van der Waals surface area contributed by atoms with Crippen LogP contribution >= 0.6 is 0 Å². The fourth-order valence-electron chi connectivity index (χ4n) is 2.97. The van der Waals surface area contributed by atoms with Gasteiger partial charge in [0, 0.05) is 20.1 Å². The van der Waals surface area contributed by atoms with E-state index in [-0.39, 0.29) is 12.3 Å². The van der Waals surface area contributed by atoms with Crippen molar-refractivity contribution in [3.05, 3.63) is 35.4 Å². The molecule has 0 bridgehead atoms. The number of aryl methyl sites for hydroxylation is 1. The molecule has 2 rings (SSSR count). The van der Waals surface area contributed by atoms with Crippen molar-refractivity contribution in [3.8, 4) is 0 Å². The molecule has 0 aliphatic carbocycles. The second kappa shape index (κ2) is 6.72. The number of rotatable bonds is 5. The van der Waals surface area contributed by atoms with Gasteiger partial charge in [-0.2, -0.15) is 0 Å². The van der Waals surface area contributed by atoms with Crippen molar-refractivity contribution in [2.24, 2.45) is 5.92 Å². The van der Waals surface area contributed by atoms with E-state index in [4.69, 9.17) is 4.74 Å². The highest BCUT2D eigenvalue weighted by Crippen LogP contribution is 2.38. The fourth-order valence-corrected chi connectivity index (χ4v) is 2.97. The zero-order valence-corrected chi connectivity index (χ0v) is 12.4. The number of hydrogen-bond acceptors (Lipinski definition) is 3. The van der Waals surface area contributed by atoms with Gasteiger partial charge >= 0.3 is 5.97 Å². The van der Waals surface area contributed by atoms with E-state index in [2.05, 4.69) is 0 Å². The minimum atomic E-state index is -0.849. The molecule has 1 aromatic rings. The van der Waals surface area contributed by atoms with Gasteiger partial charge in [-0.15, -0.1) is 0 Å². The Balaban J connectivity index is 2.41. The molecule has 0 unspecified atom stereocenters. The summed E-state index contributed by atoms with van der Waals surface area (Å²) in [6.07, 6.45) is 0.666. The van der Waals surface area contributed by atoms with Gasteiger partial charge in [-0.1, -0.05) is 24.3 Å². The number of methoxy groups -OCH3 is 1. The summed E-state index contributed by atoms with van der Waals surface area (Å²) in [7, 11) is 1.58. The van der Waals surface area contributed by atoms with E-state index in [9.17, 15) is 14.7 Å². The van der Waals surface area contributed by atoms with Crippen LogP contribution in [-0.4, -0.2) is 42.1 Å². The van der Waals surface area contributed by atoms with Crippen LogP contribution in [0.4, 0.5) is 0 Å². The normalized spacial score (nSPS) is 22.4. The number of carboxylic acids is 1. The maximum Gasteiger partial charge on any atom is 0.308 e. The molecular formula is C16H21NO4. The predicted molar refractivity (Wildman–Crippen MR) is 77.9 cm³/mol. The summed E-state index contributed by atoms with van der Waals surface area (Å²) in [6.45, 7) is 2.76. The van der Waals surface area contributed by atoms with Crippen molar-refractivity contribution >= 4 is 11.9 Å². The topological polar surface area (TPSA) is 66.8 Å². The highest BCUT2D eigenvalue weighted by atomic mass is 16.5. The average Bonchev–Trinajstić information content (AvgIpc) is 2.46. The van der Waals surface area contributed by atoms with Crippen LogP contribution in [0, 0.1) is 12.8 Å². The summed E-state index contributed by atoms with van der Waals surface area (Å²) in [5.41, 5.74) is 1.92. The predicted octanol–water partition coefficient (Wildman–Crippen LogP) is 2.01. The molecule has 1 aliphatic heterocycles. The molecule has 1 aliphatic rings. The van der Waals surface area contributed by atoms with Crippen molar-refractivity contribution in [2.45, 2.75) is 25.8 Å². The fraction of sp³-hybridized carbons (Fsp3) is 0.500. The third-order valence-electron chi connectivity index (χ3n) is 4.07. The number of carboxylic acid groups (broad SMARTS) is 1. The Hall–Kier alpha value is -1.88. The highest BCUT2D eigenvalue weighted by molar-refractivity contribution is 5.82. The molecule has 5 nitrogen and oxygen atoms in total. The lowest BCUT2D eigenvalue weighted by atomic mass is 9.82. The van der Waals surface area contributed by atoms with Crippen molar-refractivity contribution in [2.75, 3.05) is 20.3 Å². The summed E-state index contributed by atoms with van der Waals surface area (Å²) in [4.78, 5) is 25.5. The molecular weight excluding hydrogens is 270 g/mol. The zero-order chi connectivity index (χ0) is 15.4. The van der Waals surface area contributed by atoms with Crippen molar-refractivity contribution in [1.29, 1.82) is 0 Å². The molecule has 1 fully saturated rings. The average molecular weight is 291 g/mol. The second-order valence-corrected chi connectivity index (χ2v) is 5.36. The molecule has 1 aromatic carbocycles. The molecule has 5 heteroatoms. The van der Waals surface area contributed by atoms with Crippen LogP contribution in [0.5, 0.6) is 0 Å². The first-order chi connectivity index (χ1) is 10.1. The number of likely N-dealkylation sites (tertiary alicyclic amines) is 1. The Morgan fingerprint density at radius 1 is 1.43 bits per heavy atom. The molecule has 0 spiro atoms. The highest BCUT2D eigenvalue weighted by Gasteiger charge is 2.40. The van der Waals surface area contributed by atoms with E-state index in [1.54, 1.807) is 12.0 Å². The third-order valence-corrected chi connectivity index (χ3v) is 4.07. The quantitative estimate of drug-likeness (QED) is 0.901. The van der Waals surface area contributed by atoms with Crippen molar-refractivity contribution in [3.63, 3.8) is 0 Å². The van der Waals surface area contributed by atoms with Crippen LogP contribution in [0.25, 0.3) is 0 Å². The molecule has 1 heterocycles. The minimum Gasteiger partial charge on any atom is -0.481 e. The zero-order valence-electron chi connectivity index (χ0n) is 12.4. The summed E-state index contributed by atoms with van der Waals surface area (Å²) in [5.74, 6) is -1.42. The van der Waals surface area contributed by atoms with E-state index in [0.717, 1.165) is 11.1 Å². The van der Waals surface area contributed by atoms with Gasteiger partial charge < -0.3 is 14.7 Å². The van der Waals surface area contributed by atoms with Crippen LogP contribution in [-0.2, 0) is 14.3 Å². The Labute approximate surface area is 124 Å². The van der Waals surface area contributed by atoms with Crippen LogP contribution in [0.2, 0.25) is 0 Å². The smallest absolute Gasteiger partial charge is 0.308 e. The Kier molecular flexibility index (Phi) is 4.96. The van der Waals surface area contributed by atoms with Crippen molar-refractivity contribution < 1.29 is 19.4 Å². The molecule has 114 valence electrons. The number of carbonyl (C=O) groups is 2. The molecule has 1 saturated heterocycles. The number of ether oxygens (including phenoxy) is 1. The molecule has 21 heavy (non-hydrogen) atoms. The lowest BCUT2D eigenvalue weighted by Crippen LogP contribution is -2.46. The third kappa shape index (κ3) is 3.24. The summed E-state index contributed by atoms with van der Waals surface area (Å²) < 4.78 is 5.06. The number of nitrogens with zero attached hydrogens (tertiary/aromatic N) is 1. The van der Waals surface area contributed by atoms with E-state index in [1.165, 1.54) is 0 Å². The van der Waals surface area contributed by atoms with E-state index in [0.29, 0.717) is 19.6 Å². The van der Waals surface area contributed by atoms with Gasteiger partial charge in [0.25, 0.3) is 0 Å². The maximum atomic E-state index is 12.2. The molecule has 2 atom stereocenters. The molecule has 1 amide bonds. The van der Waals surface area contributed by atoms with Crippen LogP contribution < -0.4 is 0 Å². The number of benzene rings is 1. The first-order valence-corrected chi connectivity index (χ1v) is 7.13. The molecule has 0 saturated carbocycles. The van der Waals surface area contributed by atoms with E-state index < -0.39 is 17.9 Å². The standard InChI is InChI=1S/C16H21NO4/c1-11-5-3-4-6-12(11)15-13(16(19)20)7-8-14(18)17(15)9-10-21-2/h3-6,13,15H,7-10H2,1-2H3,(H,19,20)/t13-,15-/m1/s1. The SMILES string of the molecule is COCCN1C(=O)CC[C@@H](C(=O)O)[C@H]1c1ccccc1C. The lowest BCUT2D eigenvalue weighted by Gasteiger charge is -2.40. The summed E-state index contributed by atoms with van der Waals surface area (Å²) in [5, 5.41) is 9.52. The monoisotopic (exact) mass is 291 g/mol. The molecule has 0 aromatic heterocycles. The van der Waals surface area contributed by atoms with E-state index in [1.807, 2.05) is 31.2 Å². The van der Waals surface area contributed by atoms with Crippen molar-refractivity contribution in [1.82, 2.24) is 4.90 Å². The Bertz CT molecular complexity index is 529. The van der Waals surface area contributed by atoms with Gasteiger partial charge in [-0.3, -0.25) is 9.59 Å². The summed E-state index contributed by atoms with van der Waals surface area (Å²) in [6, 6.07) is 7.24. The van der Waals surface area contributed by atoms with Gasteiger partial charge in [0.15, 0.2) is 0 Å².